The highest BCUT2D eigenvalue weighted by Crippen LogP contribution is 2.50. The molecule has 0 aliphatic carbocycles. The third-order valence-electron chi connectivity index (χ3n) is 4.02. The molecule has 0 aliphatic heterocycles. The molecule has 1 N–H and O–H groups in total. The number of nitrogens with zero attached hydrogens (tertiary/aromatic N) is 1. The van der Waals surface area contributed by atoms with Crippen molar-refractivity contribution >= 4 is 11.8 Å². The van der Waals surface area contributed by atoms with Crippen LogP contribution in [0.25, 0.3) is 6.08 Å². The third-order valence-corrected chi connectivity index (χ3v) is 4.02. The standard InChI is InChI=1S/C19H17F6NO/c1-2-26(13-12-14-6-4-3-5-7-14)16-10-8-15(9-11-16)17(27,18(20,21)22)19(23,24)25/h3-13,27H,2H2,1H3. The van der Waals surface area contributed by atoms with E-state index in [1.807, 2.05) is 30.3 Å². The van der Waals surface area contributed by atoms with E-state index in [2.05, 4.69) is 0 Å². The van der Waals surface area contributed by atoms with Crippen LogP contribution in [0.1, 0.15) is 18.1 Å². The molecule has 0 spiro atoms. The minimum Gasteiger partial charge on any atom is -0.369 e. The van der Waals surface area contributed by atoms with Crippen LogP contribution in [0.15, 0.2) is 60.8 Å². The van der Waals surface area contributed by atoms with Crippen LogP contribution in [0.2, 0.25) is 0 Å². The molecular formula is C19H17F6NO. The Kier molecular flexibility index (Phi) is 5.89. The van der Waals surface area contributed by atoms with Crippen molar-refractivity contribution in [1.82, 2.24) is 0 Å². The van der Waals surface area contributed by atoms with Gasteiger partial charge in [-0.3, -0.25) is 0 Å². The zero-order chi connectivity index (χ0) is 20.3. The Bertz CT molecular complexity index is 752. The maximum Gasteiger partial charge on any atom is 0.430 e. The molecule has 0 saturated heterocycles. The molecule has 0 atom stereocenters. The number of halogens is 6. The Morgan fingerprint density at radius 1 is 0.852 bits per heavy atom. The van der Waals surface area contributed by atoms with Crippen molar-refractivity contribution in [3.63, 3.8) is 0 Å². The maximum absolute atomic E-state index is 12.9. The molecule has 2 aromatic carbocycles. The van der Waals surface area contributed by atoms with Gasteiger partial charge in [0.15, 0.2) is 0 Å². The van der Waals surface area contributed by atoms with E-state index in [0.717, 1.165) is 17.7 Å². The highest BCUT2D eigenvalue weighted by molar-refractivity contribution is 5.58. The number of alkyl halides is 6. The molecule has 0 saturated carbocycles. The molecule has 0 heterocycles. The minimum absolute atomic E-state index is 0.389. The first-order valence-electron chi connectivity index (χ1n) is 7.97. The molecule has 146 valence electrons. The summed E-state index contributed by atoms with van der Waals surface area (Å²) in [7, 11) is 0. The van der Waals surface area contributed by atoms with Crippen LogP contribution < -0.4 is 4.90 Å². The predicted molar refractivity (Wildman–Crippen MR) is 90.9 cm³/mol. The second kappa shape index (κ2) is 7.64. The summed E-state index contributed by atoms with van der Waals surface area (Å²) in [5.74, 6) is 0. The van der Waals surface area contributed by atoms with Crippen molar-refractivity contribution in [2.45, 2.75) is 24.9 Å². The lowest BCUT2D eigenvalue weighted by atomic mass is 9.92. The summed E-state index contributed by atoms with van der Waals surface area (Å²) >= 11 is 0. The average molecular weight is 389 g/mol. The number of benzene rings is 2. The van der Waals surface area contributed by atoms with E-state index in [9.17, 15) is 31.4 Å². The summed E-state index contributed by atoms with van der Waals surface area (Å²) in [5, 5.41) is 9.42. The van der Waals surface area contributed by atoms with Crippen LogP contribution in [-0.2, 0) is 5.60 Å². The Morgan fingerprint density at radius 3 is 1.81 bits per heavy atom. The third kappa shape index (κ3) is 4.27. The van der Waals surface area contributed by atoms with Gasteiger partial charge in [-0.2, -0.15) is 26.3 Å². The minimum atomic E-state index is -5.90. The lowest BCUT2D eigenvalue weighted by molar-refractivity contribution is -0.376. The molecule has 0 bridgehead atoms. The van der Waals surface area contributed by atoms with Crippen LogP contribution in [0.3, 0.4) is 0 Å². The van der Waals surface area contributed by atoms with Crippen LogP contribution in [0.5, 0.6) is 0 Å². The Morgan fingerprint density at radius 2 is 1.37 bits per heavy atom. The molecule has 2 aromatic rings. The highest BCUT2D eigenvalue weighted by atomic mass is 19.4. The molecule has 27 heavy (non-hydrogen) atoms. The van der Waals surface area contributed by atoms with Gasteiger partial charge in [-0.1, -0.05) is 42.5 Å². The van der Waals surface area contributed by atoms with Crippen molar-refractivity contribution in [1.29, 1.82) is 0 Å². The number of hydrogen-bond acceptors (Lipinski definition) is 2. The first-order chi connectivity index (χ1) is 12.5. The molecule has 2 nitrogen and oxygen atoms in total. The van der Waals surface area contributed by atoms with Gasteiger partial charge in [-0.05, 0) is 30.7 Å². The van der Waals surface area contributed by atoms with Crippen LogP contribution >= 0.6 is 0 Å². The molecule has 0 fully saturated rings. The average Bonchev–Trinajstić information content (AvgIpc) is 2.61. The normalized spacial score (nSPS) is 13.2. The van der Waals surface area contributed by atoms with Crippen LogP contribution in [0, 0.1) is 0 Å². The fourth-order valence-electron chi connectivity index (χ4n) is 2.50. The van der Waals surface area contributed by atoms with Gasteiger partial charge in [0, 0.05) is 24.0 Å². The van der Waals surface area contributed by atoms with Gasteiger partial charge in [-0.15, -0.1) is 0 Å². The van der Waals surface area contributed by atoms with Gasteiger partial charge in [0.2, 0.25) is 0 Å². The molecular weight excluding hydrogens is 372 g/mol. The maximum atomic E-state index is 12.9. The zero-order valence-electron chi connectivity index (χ0n) is 14.2. The molecule has 8 heteroatoms. The Hall–Kier alpha value is -2.48. The molecule has 0 amide bonds. The van der Waals surface area contributed by atoms with Gasteiger partial charge >= 0.3 is 12.4 Å². The highest BCUT2D eigenvalue weighted by Gasteiger charge is 2.71. The Labute approximate surface area is 152 Å². The van der Waals surface area contributed by atoms with E-state index in [1.54, 1.807) is 24.1 Å². The lowest BCUT2D eigenvalue weighted by Crippen LogP contribution is -2.53. The number of anilines is 1. The van der Waals surface area contributed by atoms with E-state index in [-0.39, 0.29) is 0 Å². The van der Waals surface area contributed by atoms with Gasteiger partial charge in [0.25, 0.3) is 5.60 Å². The fraction of sp³-hybridized carbons (Fsp3) is 0.263. The van der Waals surface area contributed by atoms with E-state index in [0.29, 0.717) is 24.4 Å². The molecule has 0 radical (unpaired) electrons. The van der Waals surface area contributed by atoms with Gasteiger partial charge < -0.3 is 10.0 Å². The van der Waals surface area contributed by atoms with Crippen molar-refractivity contribution < 1.29 is 31.4 Å². The van der Waals surface area contributed by atoms with E-state index in [1.165, 1.54) is 0 Å². The largest absolute Gasteiger partial charge is 0.430 e. The smallest absolute Gasteiger partial charge is 0.369 e. The fourth-order valence-corrected chi connectivity index (χ4v) is 2.50. The Balaban J connectivity index is 2.33. The van der Waals surface area contributed by atoms with Gasteiger partial charge in [0.1, 0.15) is 0 Å². The first-order valence-corrected chi connectivity index (χ1v) is 7.97. The molecule has 0 aromatic heterocycles. The molecule has 0 aliphatic rings. The number of aliphatic hydroxyl groups is 1. The lowest BCUT2D eigenvalue weighted by Gasteiger charge is -2.33. The summed E-state index contributed by atoms with van der Waals surface area (Å²) in [6.45, 7) is 2.22. The zero-order valence-corrected chi connectivity index (χ0v) is 14.2. The van der Waals surface area contributed by atoms with Gasteiger partial charge in [0.05, 0.1) is 0 Å². The molecule has 0 unspecified atom stereocenters. The quantitative estimate of drug-likeness (QED) is 0.683. The van der Waals surface area contributed by atoms with Crippen molar-refractivity contribution in [3.05, 3.63) is 71.9 Å². The summed E-state index contributed by atoms with van der Waals surface area (Å²) in [5.41, 5.74) is -4.93. The number of hydrogen-bond donors (Lipinski definition) is 1. The van der Waals surface area contributed by atoms with E-state index >= 15 is 0 Å². The summed E-state index contributed by atoms with van der Waals surface area (Å²) in [6, 6.07) is 12.7. The van der Waals surface area contributed by atoms with Crippen molar-refractivity contribution in [2.24, 2.45) is 0 Å². The van der Waals surface area contributed by atoms with E-state index < -0.39 is 23.5 Å². The van der Waals surface area contributed by atoms with Crippen molar-refractivity contribution in [2.75, 3.05) is 11.4 Å². The predicted octanol–water partition coefficient (Wildman–Crippen LogP) is 5.50. The molecule has 2 rings (SSSR count). The number of rotatable bonds is 5. The van der Waals surface area contributed by atoms with Gasteiger partial charge in [-0.25, -0.2) is 0 Å². The SMILES string of the molecule is CCN(C=Cc1ccccc1)c1ccc(C(O)(C(F)(F)F)C(F)(F)F)cc1. The first kappa shape index (κ1) is 20.8. The van der Waals surface area contributed by atoms with E-state index in [4.69, 9.17) is 0 Å². The monoisotopic (exact) mass is 389 g/mol. The second-order valence-corrected chi connectivity index (χ2v) is 5.77. The second-order valence-electron chi connectivity index (χ2n) is 5.77. The van der Waals surface area contributed by atoms with Crippen LogP contribution in [0.4, 0.5) is 32.0 Å². The topological polar surface area (TPSA) is 23.5 Å². The summed E-state index contributed by atoms with van der Waals surface area (Å²) in [4.78, 5) is 1.65. The summed E-state index contributed by atoms with van der Waals surface area (Å²) < 4.78 is 77.6. The van der Waals surface area contributed by atoms with Crippen molar-refractivity contribution in [3.8, 4) is 0 Å². The van der Waals surface area contributed by atoms with Crippen LogP contribution in [-0.4, -0.2) is 24.0 Å². The summed E-state index contributed by atoms with van der Waals surface area (Å²) in [6.07, 6.45) is -8.36.